The molecule has 0 aliphatic carbocycles. The van der Waals surface area contributed by atoms with Crippen molar-refractivity contribution in [2.24, 2.45) is 0 Å². The summed E-state index contributed by atoms with van der Waals surface area (Å²) in [7, 11) is 2.25. The number of aromatic nitrogens is 1. The molecule has 2 aromatic carbocycles. The Balaban J connectivity index is 2.17. The van der Waals surface area contributed by atoms with Crippen LogP contribution >= 0.6 is 0 Å². The molecule has 1 unspecified atom stereocenters. The number of esters is 1. The van der Waals surface area contributed by atoms with Crippen molar-refractivity contribution in [2.75, 3.05) is 14.2 Å². The summed E-state index contributed by atoms with van der Waals surface area (Å²) in [6.07, 6.45) is -4.14. The van der Waals surface area contributed by atoms with Crippen molar-refractivity contribution < 1.29 is 32.2 Å². The van der Waals surface area contributed by atoms with E-state index in [0.717, 1.165) is 13.3 Å². The molecule has 1 atom stereocenters. The number of para-hydroxylation sites is 1. The highest BCUT2D eigenvalue weighted by molar-refractivity contribution is 6.01. The molecular weight excluding hydrogens is 389 g/mol. The van der Waals surface area contributed by atoms with Gasteiger partial charge in [-0.25, -0.2) is 4.79 Å². The van der Waals surface area contributed by atoms with Gasteiger partial charge >= 0.3 is 12.1 Å². The number of H-pyrrole nitrogens is 1. The molecular formula is C20H17F3N2O4. The number of benzene rings is 2. The molecule has 0 fully saturated rings. The van der Waals surface area contributed by atoms with Crippen LogP contribution in [0.15, 0.2) is 54.7 Å². The van der Waals surface area contributed by atoms with Crippen molar-refractivity contribution in [3.05, 3.63) is 65.9 Å². The Bertz CT molecular complexity index is 1040. The number of methoxy groups -OCH3 is 2. The molecule has 0 saturated heterocycles. The lowest BCUT2D eigenvalue weighted by Crippen LogP contribution is -2.61. The fourth-order valence-corrected chi connectivity index (χ4v) is 3.09. The van der Waals surface area contributed by atoms with Crippen LogP contribution in [0, 0.1) is 0 Å². The monoisotopic (exact) mass is 406 g/mol. The maximum atomic E-state index is 14.3. The van der Waals surface area contributed by atoms with Gasteiger partial charge in [0.15, 0.2) is 0 Å². The lowest BCUT2D eigenvalue weighted by molar-refractivity contribution is -0.212. The third-order valence-corrected chi connectivity index (χ3v) is 4.56. The largest absolute Gasteiger partial charge is 0.497 e. The van der Waals surface area contributed by atoms with Crippen LogP contribution in [0.25, 0.3) is 10.9 Å². The van der Waals surface area contributed by atoms with Crippen LogP contribution in [0.3, 0.4) is 0 Å². The van der Waals surface area contributed by atoms with Gasteiger partial charge in [-0.15, -0.1) is 0 Å². The molecule has 2 N–H and O–H groups in total. The van der Waals surface area contributed by atoms with Crippen molar-refractivity contribution in [2.45, 2.75) is 11.7 Å². The summed E-state index contributed by atoms with van der Waals surface area (Å²) in [5.74, 6) is -2.33. The van der Waals surface area contributed by atoms with Crippen LogP contribution in [-0.2, 0) is 15.1 Å². The summed E-state index contributed by atoms with van der Waals surface area (Å²) < 4.78 is 52.5. The zero-order valence-electron chi connectivity index (χ0n) is 15.5. The molecule has 0 radical (unpaired) electrons. The van der Waals surface area contributed by atoms with Gasteiger partial charge in [0.1, 0.15) is 5.75 Å². The Kier molecular flexibility index (Phi) is 5.23. The summed E-state index contributed by atoms with van der Waals surface area (Å²) in [4.78, 5) is 27.9. The van der Waals surface area contributed by atoms with Crippen molar-refractivity contribution >= 4 is 22.8 Å². The van der Waals surface area contributed by atoms with Gasteiger partial charge in [0.05, 0.1) is 14.2 Å². The number of amides is 1. The molecule has 1 aromatic heterocycles. The summed E-state index contributed by atoms with van der Waals surface area (Å²) in [5.41, 5.74) is -3.57. The van der Waals surface area contributed by atoms with Gasteiger partial charge < -0.3 is 19.8 Å². The summed E-state index contributed by atoms with van der Waals surface area (Å²) in [6.45, 7) is 0. The Hall–Kier alpha value is -3.49. The van der Waals surface area contributed by atoms with Gasteiger partial charge in [-0.3, -0.25) is 4.79 Å². The van der Waals surface area contributed by atoms with Gasteiger partial charge in [-0.1, -0.05) is 18.2 Å². The molecule has 3 rings (SSSR count). The van der Waals surface area contributed by atoms with E-state index < -0.39 is 29.2 Å². The molecule has 6 nitrogen and oxygen atoms in total. The molecule has 1 amide bonds. The molecule has 0 aliphatic rings. The van der Waals surface area contributed by atoms with Crippen LogP contribution in [0.1, 0.15) is 15.9 Å². The molecule has 0 bridgehead atoms. The SMILES string of the molecule is COC(=O)C(NC(=O)c1ccc(OC)cc1)(c1c[nH]c2ccccc12)C(F)(F)F. The molecule has 1 heterocycles. The second kappa shape index (κ2) is 7.50. The molecule has 0 saturated carbocycles. The number of fused-ring (bicyclic) bond motifs is 1. The van der Waals surface area contributed by atoms with E-state index in [4.69, 9.17) is 4.74 Å². The number of carbonyl (C=O) groups is 2. The third kappa shape index (κ3) is 3.39. The Morgan fingerprint density at radius 3 is 2.24 bits per heavy atom. The lowest BCUT2D eigenvalue weighted by atomic mass is 9.88. The first-order chi connectivity index (χ1) is 13.7. The van der Waals surface area contributed by atoms with Crippen molar-refractivity contribution in [3.63, 3.8) is 0 Å². The molecule has 0 spiro atoms. The zero-order valence-corrected chi connectivity index (χ0v) is 15.5. The van der Waals surface area contributed by atoms with E-state index in [1.54, 1.807) is 12.1 Å². The van der Waals surface area contributed by atoms with Gasteiger partial charge in [0.2, 0.25) is 0 Å². The minimum atomic E-state index is -5.19. The van der Waals surface area contributed by atoms with Gasteiger partial charge in [0, 0.05) is 28.2 Å². The number of halogens is 3. The van der Waals surface area contributed by atoms with E-state index >= 15 is 0 Å². The van der Waals surface area contributed by atoms with Crippen LogP contribution < -0.4 is 10.1 Å². The highest BCUT2D eigenvalue weighted by Gasteiger charge is 2.64. The standard InChI is InChI=1S/C20H17F3N2O4/c1-28-13-9-7-12(8-10-13)17(26)25-19(18(27)29-2,20(21,22)23)15-11-24-16-6-4-3-5-14(15)16/h3-11,24H,1-2H3,(H,25,26). The Morgan fingerprint density at radius 2 is 1.66 bits per heavy atom. The predicted molar refractivity (Wildman–Crippen MR) is 98.5 cm³/mol. The highest BCUT2D eigenvalue weighted by atomic mass is 19.4. The normalized spacial score (nSPS) is 13.6. The van der Waals surface area contributed by atoms with Gasteiger partial charge in [-0.2, -0.15) is 13.2 Å². The number of rotatable bonds is 5. The maximum absolute atomic E-state index is 14.3. The molecule has 0 aliphatic heterocycles. The van der Waals surface area contributed by atoms with Crippen LogP contribution in [0.4, 0.5) is 13.2 Å². The van der Waals surface area contributed by atoms with E-state index in [-0.39, 0.29) is 10.9 Å². The maximum Gasteiger partial charge on any atom is 0.426 e. The van der Waals surface area contributed by atoms with E-state index in [2.05, 4.69) is 9.72 Å². The van der Waals surface area contributed by atoms with E-state index in [0.29, 0.717) is 11.3 Å². The molecule has 9 heteroatoms. The topological polar surface area (TPSA) is 80.4 Å². The van der Waals surface area contributed by atoms with Crippen molar-refractivity contribution in [1.82, 2.24) is 10.3 Å². The first kappa shape index (κ1) is 20.2. The number of ether oxygens (including phenoxy) is 2. The summed E-state index contributed by atoms with van der Waals surface area (Å²) in [6, 6.07) is 11.6. The summed E-state index contributed by atoms with van der Waals surface area (Å²) in [5, 5.41) is 2.00. The highest BCUT2D eigenvalue weighted by Crippen LogP contribution is 2.43. The second-order valence-electron chi connectivity index (χ2n) is 6.17. The zero-order chi connectivity index (χ0) is 21.2. The molecule has 3 aromatic rings. The number of alkyl halides is 3. The van der Waals surface area contributed by atoms with Crippen molar-refractivity contribution in [1.29, 1.82) is 0 Å². The first-order valence-corrected chi connectivity index (χ1v) is 8.43. The van der Waals surface area contributed by atoms with E-state index in [1.807, 2.05) is 5.32 Å². The smallest absolute Gasteiger partial charge is 0.426 e. The van der Waals surface area contributed by atoms with Crippen LogP contribution in [-0.4, -0.2) is 37.3 Å². The number of hydrogen-bond donors (Lipinski definition) is 2. The lowest BCUT2D eigenvalue weighted by Gasteiger charge is -2.33. The fourth-order valence-electron chi connectivity index (χ4n) is 3.09. The average molecular weight is 406 g/mol. The molecule has 29 heavy (non-hydrogen) atoms. The number of aromatic amines is 1. The van der Waals surface area contributed by atoms with Gasteiger partial charge in [0.25, 0.3) is 11.4 Å². The Morgan fingerprint density at radius 1 is 1.00 bits per heavy atom. The number of hydrogen-bond acceptors (Lipinski definition) is 4. The second-order valence-corrected chi connectivity index (χ2v) is 6.17. The average Bonchev–Trinajstić information content (AvgIpc) is 3.14. The van der Waals surface area contributed by atoms with E-state index in [1.165, 1.54) is 43.5 Å². The van der Waals surface area contributed by atoms with Crippen molar-refractivity contribution in [3.8, 4) is 5.75 Å². The predicted octanol–water partition coefficient (Wildman–Crippen LogP) is 3.54. The minimum absolute atomic E-state index is 0.0804. The van der Waals surface area contributed by atoms with Gasteiger partial charge in [-0.05, 0) is 30.3 Å². The third-order valence-electron chi connectivity index (χ3n) is 4.56. The Labute approximate surface area is 163 Å². The minimum Gasteiger partial charge on any atom is -0.497 e. The number of carbonyl (C=O) groups excluding carboxylic acids is 2. The number of nitrogens with one attached hydrogen (secondary N) is 2. The fraction of sp³-hybridized carbons (Fsp3) is 0.200. The van der Waals surface area contributed by atoms with Crippen LogP contribution in [0.2, 0.25) is 0 Å². The molecule has 152 valence electrons. The summed E-state index contributed by atoms with van der Waals surface area (Å²) >= 11 is 0. The van der Waals surface area contributed by atoms with E-state index in [9.17, 15) is 22.8 Å². The first-order valence-electron chi connectivity index (χ1n) is 8.43. The van der Waals surface area contributed by atoms with Crippen LogP contribution in [0.5, 0.6) is 5.75 Å². The quantitative estimate of drug-likeness (QED) is 0.636.